The average Bonchev–Trinajstić information content (AvgIpc) is 2.48. The number of ether oxygens (including phenoxy) is 2. The zero-order valence-electron chi connectivity index (χ0n) is 11.5. The normalized spacial score (nSPS) is 12.1. The maximum atomic E-state index is 6.42. The molecule has 0 fully saturated rings. The van der Waals surface area contributed by atoms with E-state index in [1.807, 2.05) is 30.3 Å². The van der Waals surface area contributed by atoms with Crippen molar-refractivity contribution >= 4 is 50.1 Å². The molecule has 1 atom stereocenters. The fourth-order valence-electron chi connectivity index (χ4n) is 2.08. The van der Waals surface area contributed by atoms with Gasteiger partial charge >= 0.3 is 0 Å². The van der Waals surface area contributed by atoms with Crippen LogP contribution in [-0.2, 0) is 0 Å². The summed E-state index contributed by atoms with van der Waals surface area (Å²) < 4.78 is 12.6. The standard InChI is InChI=1S/C15H14BrClINO2/c1-20-12-6-4-9(15(21-2)13(12)16)14(19)10-7-8(17)3-5-11(10)18/h3-7,14H,19H2,1-2H3. The molecule has 112 valence electrons. The maximum absolute atomic E-state index is 6.42. The second-order valence-corrected chi connectivity index (χ2v) is 6.74. The Morgan fingerprint density at radius 2 is 1.86 bits per heavy atom. The van der Waals surface area contributed by atoms with Crippen LogP contribution in [0.25, 0.3) is 0 Å². The van der Waals surface area contributed by atoms with Gasteiger partial charge in [0.05, 0.1) is 20.3 Å². The fraction of sp³-hybridized carbons (Fsp3) is 0.200. The van der Waals surface area contributed by atoms with Crippen molar-refractivity contribution in [3.05, 3.63) is 54.5 Å². The van der Waals surface area contributed by atoms with Crippen LogP contribution in [-0.4, -0.2) is 14.2 Å². The molecule has 0 radical (unpaired) electrons. The van der Waals surface area contributed by atoms with Crippen LogP contribution in [0.2, 0.25) is 5.02 Å². The van der Waals surface area contributed by atoms with Gasteiger partial charge in [-0.15, -0.1) is 0 Å². The van der Waals surface area contributed by atoms with Gasteiger partial charge in [0, 0.05) is 14.2 Å². The summed E-state index contributed by atoms with van der Waals surface area (Å²) in [6.07, 6.45) is 0. The van der Waals surface area contributed by atoms with E-state index in [4.69, 9.17) is 26.8 Å². The summed E-state index contributed by atoms with van der Waals surface area (Å²) in [5, 5.41) is 0.660. The molecule has 0 saturated carbocycles. The van der Waals surface area contributed by atoms with Crippen LogP contribution >= 0.6 is 50.1 Å². The Balaban J connectivity index is 2.55. The van der Waals surface area contributed by atoms with E-state index in [1.54, 1.807) is 14.2 Å². The highest BCUT2D eigenvalue weighted by Gasteiger charge is 2.20. The molecule has 0 bridgehead atoms. The van der Waals surface area contributed by atoms with E-state index in [2.05, 4.69) is 38.5 Å². The molecule has 2 aromatic carbocycles. The lowest BCUT2D eigenvalue weighted by Crippen LogP contribution is -2.15. The smallest absolute Gasteiger partial charge is 0.141 e. The minimum atomic E-state index is -0.340. The molecule has 0 saturated heterocycles. The Kier molecular flexibility index (Phi) is 5.76. The number of nitrogens with two attached hydrogens (primary N) is 1. The third-order valence-corrected chi connectivity index (χ3v) is 5.11. The number of rotatable bonds is 4. The molecule has 0 aromatic heterocycles. The molecule has 0 heterocycles. The highest BCUT2D eigenvalue weighted by molar-refractivity contribution is 14.1. The number of halogens is 3. The van der Waals surface area contributed by atoms with Gasteiger partial charge in [-0.05, 0) is 74.4 Å². The van der Waals surface area contributed by atoms with Crippen LogP contribution in [0.1, 0.15) is 17.2 Å². The molecule has 0 amide bonds. The molecule has 21 heavy (non-hydrogen) atoms. The quantitative estimate of drug-likeness (QED) is 0.639. The highest BCUT2D eigenvalue weighted by atomic mass is 127. The van der Waals surface area contributed by atoms with Gasteiger partial charge in [0.1, 0.15) is 16.0 Å². The van der Waals surface area contributed by atoms with E-state index in [0.717, 1.165) is 19.2 Å². The molecule has 3 nitrogen and oxygen atoms in total. The number of hydrogen-bond acceptors (Lipinski definition) is 3. The van der Waals surface area contributed by atoms with E-state index in [-0.39, 0.29) is 6.04 Å². The van der Waals surface area contributed by atoms with Gasteiger partial charge in [-0.1, -0.05) is 11.6 Å². The number of benzene rings is 2. The first-order chi connectivity index (χ1) is 9.99. The summed E-state index contributed by atoms with van der Waals surface area (Å²) in [4.78, 5) is 0. The highest BCUT2D eigenvalue weighted by Crippen LogP contribution is 2.41. The molecule has 0 aliphatic carbocycles. The Labute approximate surface area is 151 Å². The average molecular weight is 483 g/mol. The molecule has 0 spiro atoms. The van der Waals surface area contributed by atoms with Gasteiger partial charge in [-0.2, -0.15) is 0 Å². The Morgan fingerprint density at radius 3 is 2.48 bits per heavy atom. The Bertz CT molecular complexity index is 666. The summed E-state index contributed by atoms with van der Waals surface area (Å²) in [7, 11) is 3.22. The van der Waals surface area contributed by atoms with Crippen molar-refractivity contribution in [2.45, 2.75) is 6.04 Å². The van der Waals surface area contributed by atoms with Gasteiger partial charge in [0.25, 0.3) is 0 Å². The minimum Gasteiger partial charge on any atom is -0.495 e. The van der Waals surface area contributed by atoms with Crippen molar-refractivity contribution in [3.63, 3.8) is 0 Å². The molecule has 2 N–H and O–H groups in total. The van der Waals surface area contributed by atoms with Crippen molar-refractivity contribution in [2.24, 2.45) is 5.73 Å². The second kappa shape index (κ2) is 7.17. The first-order valence-corrected chi connectivity index (χ1v) is 8.35. The Morgan fingerprint density at radius 1 is 1.14 bits per heavy atom. The van der Waals surface area contributed by atoms with Crippen LogP contribution in [0, 0.1) is 3.57 Å². The van der Waals surface area contributed by atoms with E-state index >= 15 is 0 Å². The SMILES string of the molecule is COc1ccc(C(N)c2cc(Cl)ccc2I)c(OC)c1Br. The molecule has 1 unspecified atom stereocenters. The van der Waals surface area contributed by atoms with Crippen LogP contribution in [0.15, 0.2) is 34.8 Å². The van der Waals surface area contributed by atoms with Gasteiger partial charge in [-0.3, -0.25) is 0 Å². The van der Waals surface area contributed by atoms with E-state index in [9.17, 15) is 0 Å². The van der Waals surface area contributed by atoms with Crippen LogP contribution < -0.4 is 15.2 Å². The van der Waals surface area contributed by atoms with Crippen LogP contribution in [0.3, 0.4) is 0 Å². The molecule has 2 aromatic rings. The fourth-order valence-corrected chi connectivity index (χ4v) is 3.62. The molecule has 0 aliphatic heterocycles. The zero-order valence-corrected chi connectivity index (χ0v) is 16.0. The zero-order chi connectivity index (χ0) is 15.6. The van der Waals surface area contributed by atoms with E-state index in [0.29, 0.717) is 16.5 Å². The van der Waals surface area contributed by atoms with Crippen LogP contribution in [0.5, 0.6) is 11.5 Å². The van der Waals surface area contributed by atoms with Crippen molar-refractivity contribution in [3.8, 4) is 11.5 Å². The molecule has 6 heteroatoms. The maximum Gasteiger partial charge on any atom is 0.141 e. The third-order valence-electron chi connectivity index (χ3n) is 3.14. The van der Waals surface area contributed by atoms with Crippen molar-refractivity contribution in [1.82, 2.24) is 0 Å². The monoisotopic (exact) mass is 481 g/mol. The summed E-state index contributed by atoms with van der Waals surface area (Å²) in [6.45, 7) is 0. The minimum absolute atomic E-state index is 0.340. The molecule has 2 rings (SSSR count). The predicted octanol–water partition coefficient (Wildman–Crippen LogP) is 4.77. The topological polar surface area (TPSA) is 44.5 Å². The first-order valence-electron chi connectivity index (χ1n) is 6.10. The van der Waals surface area contributed by atoms with Crippen molar-refractivity contribution in [1.29, 1.82) is 0 Å². The summed E-state index contributed by atoms with van der Waals surface area (Å²) in [6, 6.07) is 9.10. The van der Waals surface area contributed by atoms with E-state index < -0.39 is 0 Å². The van der Waals surface area contributed by atoms with Crippen molar-refractivity contribution < 1.29 is 9.47 Å². The summed E-state index contributed by atoms with van der Waals surface area (Å²) in [5.74, 6) is 1.36. The number of methoxy groups -OCH3 is 2. The largest absolute Gasteiger partial charge is 0.495 e. The lowest BCUT2D eigenvalue weighted by Gasteiger charge is -2.20. The predicted molar refractivity (Wildman–Crippen MR) is 97.4 cm³/mol. The van der Waals surface area contributed by atoms with Gasteiger partial charge in [0.15, 0.2) is 0 Å². The van der Waals surface area contributed by atoms with Gasteiger partial charge in [-0.25, -0.2) is 0 Å². The molecular formula is C15H14BrClINO2. The van der Waals surface area contributed by atoms with Gasteiger partial charge < -0.3 is 15.2 Å². The second-order valence-electron chi connectivity index (χ2n) is 4.35. The van der Waals surface area contributed by atoms with Gasteiger partial charge in [0.2, 0.25) is 0 Å². The van der Waals surface area contributed by atoms with E-state index in [1.165, 1.54) is 0 Å². The molecule has 0 aliphatic rings. The third kappa shape index (κ3) is 3.47. The summed E-state index contributed by atoms with van der Waals surface area (Å²) >= 11 is 11.8. The lowest BCUT2D eigenvalue weighted by atomic mass is 9.98. The summed E-state index contributed by atoms with van der Waals surface area (Å²) in [5.41, 5.74) is 8.24. The molecular weight excluding hydrogens is 468 g/mol. The van der Waals surface area contributed by atoms with Crippen molar-refractivity contribution in [2.75, 3.05) is 14.2 Å². The Hall–Kier alpha value is -0.500. The first kappa shape index (κ1) is 16.9. The number of hydrogen-bond donors (Lipinski definition) is 1. The van der Waals surface area contributed by atoms with Crippen LogP contribution in [0.4, 0.5) is 0 Å². The lowest BCUT2D eigenvalue weighted by molar-refractivity contribution is 0.385.